The third kappa shape index (κ3) is 3.00. The molecule has 1 fully saturated rings. The summed E-state index contributed by atoms with van der Waals surface area (Å²) in [7, 11) is 0. The molecule has 1 aromatic carbocycles. The molecule has 1 aliphatic carbocycles. The van der Waals surface area contributed by atoms with E-state index in [-0.39, 0.29) is 17.6 Å². The Bertz CT molecular complexity index is 652. The molecular weight excluding hydrogens is 272 g/mol. The number of hydrogen-bond donors (Lipinski definition) is 3. The van der Waals surface area contributed by atoms with Crippen LogP contribution in [0.3, 0.4) is 0 Å². The summed E-state index contributed by atoms with van der Waals surface area (Å²) in [6.45, 7) is 0.611. The van der Waals surface area contributed by atoms with Crippen molar-refractivity contribution in [2.75, 3.05) is 11.9 Å². The number of carboxylic acids is 1. The number of nitrogens with one attached hydrogen (secondary N) is 1. The van der Waals surface area contributed by atoms with Gasteiger partial charge in [0, 0.05) is 12.5 Å². The SMILES string of the molecule is O=C(O)c1ccc2nc(NCC3CCCCC3O)oc2c1. The van der Waals surface area contributed by atoms with Crippen molar-refractivity contribution in [1.29, 1.82) is 0 Å². The van der Waals surface area contributed by atoms with Crippen LogP contribution < -0.4 is 5.32 Å². The monoisotopic (exact) mass is 290 g/mol. The summed E-state index contributed by atoms with van der Waals surface area (Å²) in [5, 5.41) is 22.0. The molecule has 1 heterocycles. The Morgan fingerprint density at radius 1 is 1.38 bits per heavy atom. The fourth-order valence-corrected chi connectivity index (χ4v) is 2.78. The highest BCUT2D eigenvalue weighted by atomic mass is 16.4. The van der Waals surface area contributed by atoms with E-state index in [9.17, 15) is 9.90 Å². The molecule has 21 heavy (non-hydrogen) atoms. The van der Waals surface area contributed by atoms with Crippen LogP contribution in [0.1, 0.15) is 36.0 Å². The first-order valence-electron chi connectivity index (χ1n) is 7.19. The van der Waals surface area contributed by atoms with Crippen LogP contribution in [-0.4, -0.2) is 33.8 Å². The van der Waals surface area contributed by atoms with Gasteiger partial charge in [0.15, 0.2) is 5.58 Å². The summed E-state index contributed by atoms with van der Waals surface area (Å²) in [6.07, 6.45) is 3.80. The predicted molar refractivity (Wildman–Crippen MR) is 77.4 cm³/mol. The van der Waals surface area contributed by atoms with Crippen LogP contribution in [0, 0.1) is 5.92 Å². The highest BCUT2D eigenvalue weighted by Crippen LogP contribution is 2.25. The van der Waals surface area contributed by atoms with Gasteiger partial charge >= 0.3 is 5.97 Å². The molecule has 0 saturated heterocycles. The molecular formula is C15H18N2O4. The third-order valence-electron chi connectivity index (χ3n) is 4.02. The second-order valence-electron chi connectivity index (χ2n) is 5.50. The van der Waals surface area contributed by atoms with Crippen molar-refractivity contribution in [2.45, 2.75) is 31.8 Å². The standard InChI is InChI=1S/C15H18N2O4/c18-12-4-2-1-3-10(12)8-16-15-17-11-6-5-9(14(19)20)7-13(11)21-15/h5-7,10,12,18H,1-4,8H2,(H,16,17)(H,19,20). The van der Waals surface area contributed by atoms with E-state index in [1.165, 1.54) is 12.1 Å². The number of aromatic carboxylic acids is 1. The average Bonchev–Trinajstić information content (AvgIpc) is 2.88. The van der Waals surface area contributed by atoms with Crippen molar-refractivity contribution >= 4 is 23.1 Å². The van der Waals surface area contributed by atoms with Gasteiger partial charge in [0.05, 0.1) is 11.7 Å². The van der Waals surface area contributed by atoms with E-state index in [4.69, 9.17) is 9.52 Å². The summed E-state index contributed by atoms with van der Waals surface area (Å²) in [4.78, 5) is 15.2. The molecule has 6 nitrogen and oxygen atoms in total. The van der Waals surface area contributed by atoms with Crippen LogP contribution >= 0.6 is 0 Å². The minimum absolute atomic E-state index is 0.174. The number of rotatable bonds is 4. The number of hydrogen-bond acceptors (Lipinski definition) is 5. The molecule has 2 atom stereocenters. The van der Waals surface area contributed by atoms with Gasteiger partial charge in [0.1, 0.15) is 5.52 Å². The smallest absolute Gasteiger partial charge is 0.335 e. The van der Waals surface area contributed by atoms with E-state index in [1.54, 1.807) is 6.07 Å². The number of anilines is 1. The number of benzene rings is 1. The van der Waals surface area contributed by atoms with Gasteiger partial charge in [-0.05, 0) is 31.0 Å². The molecule has 6 heteroatoms. The van der Waals surface area contributed by atoms with Crippen molar-refractivity contribution in [3.63, 3.8) is 0 Å². The summed E-state index contributed by atoms with van der Waals surface area (Å²) in [6, 6.07) is 4.96. The lowest BCUT2D eigenvalue weighted by molar-refractivity contribution is 0.0696. The lowest BCUT2D eigenvalue weighted by Gasteiger charge is -2.27. The van der Waals surface area contributed by atoms with Gasteiger partial charge in [0.25, 0.3) is 6.01 Å². The van der Waals surface area contributed by atoms with Crippen molar-refractivity contribution in [1.82, 2.24) is 4.98 Å². The maximum Gasteiger partial charge on any atom is 0.335 e. The molecule has 2 unspecified atom stereocenters. The Morgan fingerprint density at radius 3 is 2.95 bits per heavy atom. The zero-order valence-electron chi connectivity index (χ0n) is 11.6. The molecule has 1 saturated carbocycles. The highest BCUT2D eigenvalue weighted by Gasteiger charge is 2.23. The van der Waals surface area contributed by atoms with Gasteiger partial charge in [0.2, 0.25) is 0 Å². The molecule has 1 aromatic heterocycles. The van der Waals surface area contributed by atoms with Gasteiger partial charge in [-0.2, -0.15) is 4.98 Å². The average molecular weight is 290 g/mol. The Hall–Kier alpha value is -2.08. The van der Waals surface area contributed by atoms with Gasteiger partial charge in [-0.3, -0.25) is 0 Å². The van der Waals surface area contributed by atoms with E-state index >= 15 is 0 Å². The first-order valence-corrected chi connectivity index (χ1v) is 7.19. The summed E-state index contributed by atoms with van der Waals surface area (Å²) in [5.74, 6) is -0.781. The van der Waals surface area contributed by atoms with Crippen molar-refractivity contribution in [3.05, 3.63) is 23.8 Å². The molecule has 0 bridgehead atoms. The van der Waals surface area contributed by atoms with Crippen LogP contribution in [0.25, 0.3) is 11.1 Å². The lowest BCUT2D eigenvalue weighted by Crippen LogP contribution is -2.30. The second kappa shape index (κ2) is 5.73. The largest absolute Gasteiger partial charge is 0.478 e. The molecule has 112 valence electrons. The molecule has 0 spiro atoms. The number of nitrogens with zero attached hydrogens (tertiary/aromatic N) is 1. The van der Waals surface area contributed by atoms with Crippen LogP contribution in [0.4, 0.5) is 6.01 Å². The Labute approximate surface area is 121 Å². The number of aliphatic hydroxyl groups excluding tert-OH is 1. The quantitative estimate of drug-likeness (QED) is 0.800. The summed E-state index contributed by atoms with van der Waals surface area (Å²) in [5.41, 5.74) is 1.24. The zero-order valence-corrected chi connectivity index (χ0v) is 11.6. The highest BCUT2D eigenvalue weighted by molar-refractivity contribution is 5.92. The van der Waals surface area contributed by atoms with Gasteiger partial charge in [-0.1, -0.05) is 12.8 Å². The normalized spacial score (nSPS) is 22.3. The van der Waals surface area contributed by atoms with Gasteiger partial charge in [-0.15, -0.1) is 0 Å². The summed E-state index contributed by atoms with van der Waals surface area (Å²) >= 11 is 0. The summed E-state index contributed by atoms with van der Waals surface area (Å²) < 4.78 is 5.52. The van der Waals surface area contributed by atoms with Crippen LogP contribution in [-0.2, 0) is 0 Å². The number of aliphatic hydroxyl groups is 1. The van der Waals surface area contributed by atoms with E-state index in [1.807, 2.05) is 0 Å². The Morgan fingerprint density at radius 2 is 2.19 bits per heavy atom. The zero-order chi connectivity index (χ0) is 14.8. The number of fused-ring (bicyclic) bond motifs is 1. The molecule has 2 aromatic rings. The molecule has 1 aliphatic rings. The second-order valence-corrected chi connectivity index (χ2v) is 5.50. The van der Waals surface area contributed by atoms with Crippen LogP contribution in [0.5, 0.6) is 0 Å². The number of oxazole rings is 1. The maximum absolute atomic E-state index is 10.9. The van der Waals surface area contributed by atoms with E-state index < -0.39 is 5.97 Å². The Balaban J connectivity index is 1.71. The number of carbonyl (C=O) groups is 1. The maximum atomic E-state index is 10.9. The number of aromatic nitrogens is 1. The molecule has 0 aliphatic heterocycles. The van der Waals surface area contributed by atoms with E-state index in [0.29, 0.717) is 23.7 Å². The molecule has 0 radical (unpaired) electrons. The van der Waals surface area contributed by atoms with Crippen molar-refractivity contribution in [3.8, 4) is 0 Å². The minimum Gasteiger partial charge on any atom is -0.478 e. The predicted octanol–water partition coefficient (Wildman–Crippen LogP) is 2.49. The molecule has 0 amide bonds. The topological polar surface area (TPSA) is 95.6 Å². The lowest BCUT2D eigenvalue weighted by atomic mass is 9.86. The first-order chi connectivity index (χ1) is 10.1. The van der Waals surface area contributed by atoms with E-state index in [0.717, 1.165) is 25.7 Å². The van der Waals surface area contributed by atoms with Crippen LogP contribution in [0.15, 0.2) is 22.6 Å². The Kier molecular flexibility index (Phi) is 3.79. The molecule has 3 N–H and O–H groups in total. The van der Waals surface area contributed by atoms with Crippen LogP contribution in [0.2, 0.25) is 0 Å². The fourth-order valence-electron chi connectivity index (χ4n) is 2.78. The number of carboxylic acid groups (broad SMARTS) is 1. The minimum atomic E-state index is -0.992. The van der Waals surface area contributed by atoms with Gasteiger partial charge < -0.3 is 19.9 Å². The van der Waals surface area contributed by atoms with Gasteiger partial charge in [-0.25, -0.2) is 4.79 Å². The first kappa shape index (κ1) is 13.9. The van der Waals surface area contributed by atoms with Crippen molar-refractivity contribution in [2.24, 2.45) is 5.92 Å². The third-order valence-corrected chi connectivity index (χ3v) is 4.02. The fraction of sp³-hybridized carbons (Fsp3) is 0.467. The van der Waals surface area contributed by atoms with E-state index in [2.05, 4.69) is 10.3 Å². The molecule has 3 rings (SSSR count). The van der Waals surface area contributed by atoms with Crippen molar-refractivity contribution < 1.29 is 19.4 Å².